The molecule has 0 unspecified atom stereocenters. The number of hydrogen-bond donors (Lipinski definition) is 0. The van der Waals surface area contributed by atoms with Gasteiger partial charge in [-0.3, -0.25) is 0 Å². The average molecular weight is 402 g/mol. The molecule has 3 aromatic heterocycles. The van der Waals surface area contributed by atoms with Crippen molar-refractivity contribution < 1.29 is 23.6 Å². The van der Waals surface area contributed by atoms with Gasteiger partial charge in [0.05, 0.1) is 22.3 Å². The Bertz CT molecular complexity index is 1060. The maximum atomic E-state index is 12.7. The molecule has 0 saturated heterocycles. The van der Waals surface area contributed by atoms with E-state index in [4.69, 9.17) is 14.0 Å². The Morgan fingerprint density at radius 1 is 1.18 bits per heavy atom. The lowest BCUT2D eigenvalue weighted by Gasteiger charge is -2.19. The third-order valence-electron chi connectivity index (χ3n) is 3.90. The number of esters is 2. The molecule has 0 atom stereocenters. The predicted molar refractivity (Wildman–Crippen MR) is 105 cm³/mol. The molecular weight excluding hydrogens is 380 g/mol. The van der Waals surface area contributed by atoms with Gasteiger partial charge in [0.2, 0.25) is 0 Å². The molecule has 3 heterocycles. The normalized spacial score (nSPS) is 11.6. The van der Waals surface area contributed by atoms with Gasteiger partial charge in [0, 0.05) is 15.3 Å². The third-order valence-corrected chi connectivity index (χ3v) is 4.86. The van der Waals surface area contributed by atoms with Crippen molar-refractivity contribution in [3.05, 3.63) is 33.1 Å². The Balaban J connectivity index is 1.95. The zero-order valence-corrected chi connectivity index (χ0v) is 17.5. The summed E-state index contributed by atoms with van der Waals surface area (Å²) in [6.45, 7) is 10.5. The molecule has 0 fully saturated rings. The van der Waals surface area contributed by atoms with Gasteiger partial charge in [0.25, 0.3) is 5.71 Å². The molecule has 8 heteroatoms. The van der Waals surface area contributed by atoms with E-state index in [1.807, 2.05) is 19.9 Å². The van der Waals surface area contributed by atoms with Gasteiger partial charge in [-0.1, -0.05) is 5.16 Å². The van der Waals surface area contributed by atoms with Crippen LogP contribution in [-0.4, -0.2) is 34.3 Å². The number of carbonyl (C=O) groups excluding carboxylic acids is 2. The molecule has 0 N–H and O–H groups in total. The molecule has 0 aromatic carbocycles. The molecule has 28 heavy (non-hydrogen) atoms. The van der Waals surface area contributed by atoms with Gasteiger partial charge in [-0.05, 0) is 53.7 Å². The summed E-state index contributed by atoms with van der Waals surface area (Å²) in [7, 11) is 0. The summed E-state index contributed by atoms with van der Waals surface area (Å²) in [5.74, 6) is -1.27. The highest BCUT2D eigenvalue weighted by atomic mass is 32.1. The predicted octanol–water partition coefficient (Wildman–Crippen LogP) is 4.38. The summed E-state index contributed by atoms with van der Waals surface area (Å²) in [5, 5.41) is 4.39. The number of hydrogen-bond acceptors (Lipinski definition) is 8. The second-order valence-electron chi connectivity index (χ2n) is 7.49. The molecule has 0 radical (unpaired) electrons. The van der Waals surface area contributed by atoms with Crippen molar-refractivity contribution in [2.45, 2.75) is 47.1 Å². The molecule has 0 bridgehead atoms. The van der Waals surface area contributed by atoms with E-state index in [9.17, 15) is 9.59 Å². The van der Waals surface area contributed by atoms with Crippen LogP contribution in [0.25, 0.3) is 22.4 Å². The lowest BCUT2D eigenvalue weighted by molar-refractivity contribution is -0.158. The first-order chi connectivity index (χ1) is 13.0. The standard InChI is InChI=1S/C20H22N2O5S/c1-10-7-13(12(3)28-10)15-8-14(17-11(2)22-27-18(17)21-15)19(24)25-9-16(23)26-20(4,5)6/h7-8H,9H2,1-6H3. The van der Waals surface area contributed by atoms with Crippen molar-refractivity contribution in [2.75, 3.05) is 6.61 Å². The minimum absolute atomic E-state index is 0.252. The fourth-order valence-electron chi connectivity index (χ4n) is 2.85. The zero-order chi connectivity index (χ0) is 20.6. The summed E-state index contributed by atoms with van der Waals surface area (Å²) in [4.78, 5) is 31.3. The van der Waals surface area contributed by atoms with Crippen LogP contribution >= 0.6 is 11.3 Å². The lowest BCUT2D eigenvalue weighted by Crippen LogP contribution is -2.27. The zero-order valence-electron chi connectivity index (χ0n) is 16.7. The van der Waals surface area contributed by atoms with E-state index in [0.29, 0.717) is 16.8 Å². The molecule has 148 valence electrons. The fourth-order valence-corrected chi connectivity index (χ4v) is 3.79. The minimum Gasteiger partial charge on any atom is -0.457 e. The summed E-state index contributed by atoms with van der Waals surface area (Å²) in [6, 6.07) is 3.66. The van der Waals surface area contributed by atoms with E-state index in [0.717, 1.165) is 15.3 Å². The van der Waals surface area contributed by atoms with E-state index in [1.54, 1.807) is 45.1 Å². The molecule has 3 aromatic rings. The second-order valence-corrected chi connectivity index (χ2v) is 8.95. The highest BCUT2D eigenvalue weighted by Gasteiger charge is 2.23. The molecule has 0 aliphatic rings. The molecule has 0 amide bonds. The number of aryl methyl sites for hydroxylation is 3. The third kappa shape index (κ3) is 4.22. The van der Waals surface area contributed by atoms with E-state index >= 15 is 0 Å². The molecular formula is C20H22N2O5S. The van der Waals surface area contributed by atoms with Crippen molar-refractivity contribution in [1.82, 2.24) is 10.1 Å². The van der Waals surface area contributed by atoms with Crippen LogP contribution in [0.5, 0.6) is 0 Å². The Hall–Kier alpha value is -2.74. The van der Waals surface area contributed by atoms with Gasteiger partial charge in [-0.15, -0.1) is 11.3 Å². The number of ether oxygens (including phenoxy) is 2. The molecule has 0 saturated carbocycles. The fraction of sp³-hybridized carbons (Fsp3) is 0.400. The van der Waals surface area contributed by atoms with Crippen LogP contribution in [0.1, 0.15) is 46.6 Å². The Morgan fingerprint density at radius 2 is 1.89 bits per heavy atom. The summed E-state index contributed by atoms with van der Waals surface area (Å²) >= 11 is 1.64. The van der Waals surface area contributed by atoms with Gasteiger partial charge >= 0.3 is 11.9 Å². The molecule has 7 nitrogen and oxygen atoms in total. The van der Waals surface area contributed by atoms with Crippen LogP contribution in [-0.2, 0) is 14.3 Å². The van der Waals surface area contributed by atoms with Crippen LogP contribution < -0.4 is 0 Å². The highest BCUT2D eigenvalue weighted by Crippen LogP contribution is 2.33. The van der Waals surface area contributed by atoms with Gasteiger partial charge in [-0.2, -0.15) is 0 Å². The smallest absolute Gasteiger partial charge is 0.344 e. The maximum Gasteiger partial charge on any atom is 0.344 e. The SMILES string of the molecule is Cc1cc(-c2cc(C(=O)OCC(=O)OC(C)(C)C)c3c(C)noc3n2)c(C)s1. The van der Waals surface area contributed by atoms with Gasteiger partial charge < -0.3 is 14.0 Å². The lowest BCUT2D eigenvalue weighted by atomic mass is 10.1. The largest absolute Gasteiger partial charge is 0.457 e. The molecule has 0 aliphatic heterocycles. The number of thiophene rings is 1. The number of carbonyl (C=O) groups is 2. The highest BCUT2D eigenvalue weighted by molar-refractivity contribution is 7.12. The molecule has 0 spiro atoms. The first kappa shape index (κ1) is 20.0. The van der Waals surface area contributed by atoms with E-state index in [-0.39, 0.29) is 11.3 Å². The van der Waals surface area contributed by atoms with E-state index in [1.165, 1.54) is 0 Å². The van der Waals surface area contributed by atoms with Crippen LogP contribution in [0.15, 0.2) is 16.7 Å². The van der Waals surface area contributed by atoms with Crippen LogP contribution in [0, 0.1) is 20.8 Å². The van der Waals surface area contributed by atoms with Crippen molar-refractivity contribution in [3.8, 4) is 11.3 Å². The monoisotopic (exact) mass is 402 g/mol. The quantitative estimate of drug-likeness (QED) is 0.598. The molecule has 0 aliphatic carbocycles. The Morgan fingerprint density at radius 3 is 2.50 bits per heavy atom. The first-order valence-electron chi connectivity index (χ1n) is 8.78. The molecule has 3 rings (SSSR count). The van der Waals surface area contributed by atoms with Crippen molar-refractivity contribution >= 4 is 34.4 Å². The van der Waals surface area contributed by atoms with E-state index in [2.05, 4.69) is 10.1 Å². The number of rotatable bonds is 4. The van der Waals surface area contributed by atoms with E-state index < -0.39 is 24.1 Å². The summed E-state index contributed by atoms with van der Waals surface area (Å²) in [6.07, 6.45) is 0. The number of fused-ring (bicyclic) bond motifs is 1. The Kier molecular flexibility index (Phi) is 5.25. The summed E-state index contributed by atoms with van der Waals surface area (Å²) in [5.41, 5.74) is 1.89. The van der Waals surface area contributed by atoms with Crippen LogP contribution in [0.2, 0.25) is 0 Å². The van der Waals surface area contributed by atoms with Gasteiger partial charge in [-0.25, -0.2) is 14.6 Å². The van der Waals surface area contributed by atoms with Gasteiger partial charge in [0.1, 0.15) is 5.60 Å². The number of aromatic nitrogens is 2. The maximum absolute atomic E-state index is 12.7. The van der Waals surface area contributed by atoms with Crippen LogP contribution in [0.3, 0.4) is 0 Å². The number of nitrogens with zero attached hydrogens (tertiary/aromatic N) is 2. The second kappa shape index (κ2) is 7.35. The minimum atomic E-state index is -0.657. The topological polar surface area (TPSA) is 91.5 Å². The summed E-state index contributed by atoms with van der Waals surface area (Å²) < 4.78 is 15.6. The van der Waals surface area contributed by atoms with Gasteiger partial charge in [0.15, 0.2) is 6.61 Å². The van der Waals surface area contributed by atoms with Crippen LogP contribution in [0.4, 0.5) is 0 Å². The first-order valence-corrected chi connectivity index (χ1v) is 9.60. The van der Waals surface area contributed by atoms with Crippen molar-refractivity contribution in [1.29, 1.82) is 0 Å². The average Bonchev–Trinajstić information content (AvgIpc) is 3.12. The number of pyridine rings is 1. The van der Waals surface area contributed by atoms with Crippen molar-refractivity contribution in [2.24, 2.45) is 0 Å². The Labute approximate surface area is 166 Å². The van der Waals surface area contributed by atoms with Crippen molar-refractivity contribution in [3.63, 3.8) is 0 Å².